The SMILES string of the molecule is c1ccc(-c2cccc(N(c3ccc(-c4cccc5ccccc45)cc3)c3ccc(-c4ccc5ccc6ccc7ccccc7c6c5c4)c4ccccc34)c2)cc1. The highest BCUT2D eigenvalue weighted by atomic mass is 15.1. The second-order valence-electron chi connectivity index (χ2n) is 14.9. The van der Waals surface area contributed by atoms with Crippen molar-refractivity contribution in [1.29, 1.82) is 0 Å². The van der Waals surface area contributed by atoms with Crippen LogP contribution in [0.1, 0.15) is 0 Å². The standard InChI is InChI=1S/C56H37N/c1-2-12-38(13-3-1)44-17-10-18-47(36-44)57(46-32-30-41(31-33-46)49-23-11-16-39-14-4-6-19-48(39)49)55-35-34-50(52-21-8-9-22-53(52)55)45-29-26-42-25-28-43-27-24-40-15-5-7-20-51(40)56(43)54(42)37-45/h1-37H. The van der Waals surface area contributed by atoms with Crippen LogP contribution in [0.3, 0.4) is 0 Å². The molecule has 0 atom stereocenters. The lowest BCUT2D eigenvalue weighted by molar-refractivity contribution is 1.30. The summed E-state index contributed by atoms with van der Waals surface area (Å²) >= 11 is 0. The van der Waals surface area contributed by atoms with Gasteiger partial charge in [-0.05, 0) is 118 Å². The summed E-state index contributed by atoms with van der Waals surface area (Å²) in [6.45, 7) is 0. The van der Waals surface area contributed by atoms with Crippen molar-refractivity contribution in [3.05, 3.63) is 224 Å². The predicted molar refractivity (Wildman–Crippen MR) is 245 cm³/mol. The quantitative estimate of drug-likeness (QED) is 0.154. The number of hydrogen-bond donors (Lipinski definition) is 0. The van der Waals surface area contributed by atoms with E-state index in [4.69, 9.17) is 0 Å². The van der Waals surface area contributed by atoms with Crippen molar-refractivity contribution in [2.24, 2.45) is 0 Å². The Bertz CT molecular complexity index is 3280. The van der Waals surface area contributed by atoms with Crippen LogP contribution in [-0.4, -0.2) is 0 Å². The van der Waals surface area contributed by atoms with Crippen LogP contribution in [-0.2, 0) is 0 Å². The smallest absolute Gasteiger partial charge is 0.0540 e. The third kappa shape index (κ3) is 5.72. The van der Waals surface area contributed by atoms with Crippen LogP contribution < -0.4 is 4.90 Å². The summed E-state index contributed by atoms with van der Waals surface area (Å²) in [5.74, 6) is 0. The second kappa shape index (κ2) is 13.7. The van der Waals surface area contributed by atoms with Gasteiger partial charge in [0.05, 0.1) is 5.69 Å². The minimum absolute atomic E-state index is 1.10. The van der Waals surface area contributed by atoms with Crippen LogP contribution in [0.15, 0.2) is 224 Å². The molecular formula is C56H37N. The molecule has 0 heterocycles. The van der Waals surface area contributed by atoms with Crippen LogP contribution >= 0.6 is 0 Å². The third-order valence-corrected chi connectivity index (χ3v) is 11.6. The Morgan fingerprint density at radius 2 is 0.807 bits per heavy atom. The molecule has 0 aliphatic rings. The maximum absolute atomic E-state index is 2.42. The highest BCUT2D eigenvalue weighted by molar-refractivity contribution is 6.21. The van der Waals surface area contributed by atoms with Crippen LogP contribution in [0.4, 0.5) is 17.1 Å². The number of anilines is 3. The highest BCUT2D eigenvalue weighted by Crippen LogP contribution is 2.44. The minimum Gasteiger partial charge on any atom is -0.310 e. The van der Waals surface area contributed by atoms with E-state index in [9.17, 15) is 0 Å². The topological polar surface area (TPSA) is 3.24 Å². The van der Waals surface area contributed by atoms with Gasteiger partial charge in [-0.2, -0.15) is 0 Å². The van der Waals surface area contributed by atoms with Gasteiger partial charge in [-0.15, -0.1) is 0 Å². The van der Waals surface area contributed by atoms with Crippen LogP contribution in [0.25, 0.3) is 87.2 Å². The fourth-order valence-electron chi connectivity index (χ4n) is 8.87. The fraction of sp³-hybridized carbons (Fsp3) is 0. The number of nitrogens with zero attached hydrogens (tertiary/aromatic N) is 1. The molecule has 0 fully saturated rings. The Hall–Kier alpha value is -7.48. The summed E-state index contributed by atoms with van der Waals surface area (Å²) in [7, 11) is 0. The maximum Gasteiger partial charge on any atom is 0.0540 e. The Kier molecular flexibility index (Phi) is 7.89. The van der Waals surface area contributed by atoms with Gasteiger partial charge in [0.25, 0.3) is 0 Å². The predicted octanol–water partition coefficient (Wildman–Crippen LogP) is 15.9. The Balaban J connectivity index is 1.09. The summed E-state index contributed by atoms with van der Waals surface area (Å²) in [5.41, 5.74) is 10.6. The molecule has 0 saturated carbocycles. The summed E-state index contributed by atoms with van der Waals surface area (Å²) < 4.78 is 0. The minimum atomic E-state index is 1.10. The molecule has 57 heavy (non-hydrogen) atoms. The normalized spacial score (nSPS) is 11.5. The van der Waals surface area contributed by atoms with Crippen molar-refractivity contribution in [3.63, 3.8) is 0 Å². The molecule has 0 spiro atoms. The van der Waals surface area contributed by atoms with Gasteiger partial charge in [0.2, 0.25) is 0 Å². The van der Waals surface area contributed by atoms with Gasteiger partial charge in [-0.3, -0.25) is 0 Å². The number of fused-ring (bicyclic) bond motifs is 7. The summed E-state index contributed by atoms with van der Waals surface area (Å²) in [4.78, 5) is 2.42. The molecule has 0 N–H and O–H groups in total. The summed E-state index contributed by atoms with van der Waals surface area (Å²) in [6.07, 6.45) is 0. The molecule has 0 amide bonds. The lowest BCUT2D eigenvalue weighted by Gasteiger charge is -2.28. The van der Waals surface area contributed by atoms with Gasteiger partial charge < -0.3 is 4.90 Å². The summed E-state index contributed by atoms with van der Waals surface area (Å²) in [5, 5.41) is 12.6. The van der Waals surface area contributed by atoms with E-state index in [1.165, 1.54) is 87.2 Å². The average Bonchev–Trinajstić information content (AvgIpc) is 3.29. The number of rotatable bonds is 6. The Morgan fingerprint density at radius 1 is 0.246 bits per heavy atom. The van der Waals surface area contributed by atoms with Crippen LogP contribution in [0.5, 0.6) is 0 Å². The monoisotopic (exact) mass is 723 g/mol. The van der Waals surface area contributed by atoms with E-state index in [-0.39, 0.29) is 0 Å². The second-order valence-corrected chi connectivity index (χ2v) is 14.9. The zero-order chi connectivity index (χ0) is 37.7. The van der Waals surface area contributed by atoms with E-state index in [1.807, 2.05) is 0 Å². The Morgan fingerprint density at radius 3 is 1.61 bits per heavy atom. The third-order valence-electron chi connectivity index (χ3n) is 11.6. The van der Waals surface area contributed by atoms with Gasteiger partial charge in [-0.1, -0.05) is 188 Å². The Labute approximate surface area is 332 Å². The average molecular weight is 724 g/mol. The maximum atomic E-state index is 2.42. The van der Waals surface area contributed by atoms with Gasteiger partial charge >= 0.3 is 0 Å². The molecule has 0 aromatic heterocycles. The van der Waals surface area contributed by atoms with Gasteiger partial charge in [-0.25, -0.2) is 0 Å². The molecule has 266 valence electrons. The molecular weight excluding hydrogens is 687 g/mol. The number of benzene rings is 11. The molecule has 0 aliphatic carbocycles. The zero-order valence-electron chi connectivity index (χ0n) is 31.3. The van der Waals surface area contributed by atoms with E-state index in [0.29, 0.717) is 0 Å². The lowest BCUT2D eigenvalue weighted by atomic mass is 9.92. The van der Waals surface area contributed by atoms with Gasteiger partial charge in [0.1, 0.15) is 0 Å². The number of hydrogen-bond acceptors (Lipinski definition) is 1. The van der Waals surface area contributed by atoms with Crippen molar-refractivity contribution in [1.82, 2.24) is 0 Å². The van der Waals surface area contributed by atoms with E-state index in [1.54, 1.807) is 0 Å². The summed E-state index contributed by atoms with van der Waals surface area (Å²) in [6, 6.07) is 82.1. The van der Waals surface area contributed by atoms with E-state index in [2.05, 4.69) is 229 Å². The van der Waals surface area contributed by atoms with E-state index in [0.717, 1.165) is 17.1 Å². The molecule has 1 nitrogen and oxygen atoms in total. The first-order valence-corrected chi connectivity index (χ1v) is 19.7. The van der Waals surface area contributed by atoms with Gasteiger partial charge in [0.15, 0.2) is 0 Å². The molecule has 0 radical (unpaired) electrons. The van der Waals surface area contributed by atoms with Gasteiger partial charge in [0, 0.05) is 16.8 Å². The first kappa shape index (κ1) is 32.9. The molecule has 11 rings (SSSR count). The highest BCUT2D eigenvalue weighted by Gasteiger charge is 2.19. The van der Waals surface area contributed by atoms with Crippen molar-refractivity contribution >= 4 is 70.9 Å². The largest absolute Gasteiger partial charge is 0.310 e. The van der Waals surface area contributed by atoms with E-state index >= 15 is 0 Å². The molecule has 0 aliphatic heterocycles. The molecule has 11 aromatic carbocycles. The van der Waals surface area contributed by atoms with E-state index < -0.39 is 0 Å². The molecule has 11 aromatic rings. The first-order chi connectivity index (χ1) is 28.3. The molecule has 0 unspecified atom stereocenters. The van der Waals surface area contributed by atoms with Crippen molar-refractivity contribution in [2.45, 2.75) is 0 Å². The zero-order valence-corrected chi connectivity index (χ0v) is 31.3. The van der Waals surface area contributed by atoms with Crippen molar-refractivity contribution in [2.75, 3.05) is 4.90 Å². The molecule has 0 saturated heterocycles. The van der Waals surface area contributed by atoms with Crippen molar-refractivity contribution < 1.29 is 0 Å². The lowest BCUT2D eigenvalue weighted by Crippen LogP contribution is -2.10. The molecule has 1 heteroatoms. The first-order valence-electron chi connectivity index (χ1n) is 19.7. The fourth-order valence-corrected chi connectivity index (χ4v) is 8.87. The van der Waals surface area contributed by atoms with Crippen LogP contribution in [0, 0.1) is 0 Å². The van der Waals surface area contributed by atoms with Crippen molar-refractivity contribution in [3.8, 4) is 33.4 Å². The van der Waals surface area contributed by atoms with Crippen LogP contribution in [0.2, 0.25) is 0 Å². The molecule has 0 bridgehead atoms.